The van der Waals surface area contributed by atoms with Crippen molar-refractivity contribution in [3.05, 3.63) is 22.1 Å². The van der Waals surface area contributed by atoms with Crippen molar-refractivity contribution in [3.63, 3.8) is 0 Å². The van der Waals surface area contributed by atoms with Crippen molar-refractivity contribution in [2.24, 2.45) is 0 Å². The molecule has 1 heterocycles. The molecule has 1 unspecified atom stereocenters. The van der Waals surface area contributed by atoms with Crippen LogP contribution in [0, 0.1) is 17.0 Å². The molecule has 0 bridgehead atoms. The van der Waals surface area contributed by atoms with Crippen LogP contribution in [0.2, 0.25) is 0 Å². The first-order valence-corrected chi connectivity index (χ1v) is 5.71. The monoisotopic (exact) mass is 262 g/mol. The van der Waals surface area contributed by atoms with Gasteiger partial charge in [0, 0.05) is 25.9 Å². The van der Waals surface area contributed by atoms with E-state index in [1.54, 1.807) is 11.5 Å². The molecule has 2 N–H and O–H groups in total. The second-order valence-corrected chi connectivity index (χ2v) is 3.98. The van der Waals surface area contributed by atoms with Gasteiger partial charge in [0.25, 0.3) is 0 Å². The van der Waals surface area contributed by atoms with Gasteiger partial charge in [-0.3, -0.25) is 0 Å². The highest BCUT2D eigenvalue weighted by atomic mass is 35.5. The van der Waals surface area contributed by atoms with E-state index in [9.17, 15) is 15.2 Å². The van der Waals surface area contributed by atoms with Crippen molar-refractivity contribution in [3.8, 4) is 0 Å². The fourth-order valence-electron chi connectivity index (χ4n) is 1.39. The highest BCUT2D eigenvalue weighted by molar-refractivity contribution is 6.18. The molecule has 7 nitrogen and oxygen atoms in total. The Hall–Kier alpha value is -1.18. The maximum absolute atomic E-state index is 10.5. The molecular formula is C9H15ClN4O3. The SMILES string of the molecule is Cc1nc([N+](=O)[O-])cn1CC(O)CNCCCl. The molecule has 0 spiro atoms. The van der Waals surface area contributed by atoms with E-state index in [2.05, 4.69) is 10.3 Å². The van der Waals surface area contributed by atoms with Crippen LogP contribution in [0.5, 0.6) is 0 Å². The van der Waals surface area contributed by atoms with Gasteiger partial charge in [-0.15, -0.1) is 11.6 Å². The van der Waals surface area contributed by atoms with E-state index in [0.717, 1.165) is 0 Å². The van der Waals surface area contributed by atoms with Gasteiger partial charge >= 0.3 is 5.82 Å². The lowest BCUT2D eigenvalue weighted by Gasteiger charge is -2.11. The number of rotatable bonds is 7. The number of hydrogen-bond donors (Lipinski definition) is 2. The van der Waals surface area contributed by atoms with Crippen LogP contribution in [0.1, 0.15) is 5.82 Å². The Kier molecular flexibility index (Phi) is 5.33. The van der Waals surface area contributed by atoms with Gasteiger partial charge in [0.15, 0.2) is 0 Å². The van der Waals surface area contributed by atoms with Crippen LogP contribution in [0.4, 0.5) is 5.82 Å². The normalized spacial score (nSPS) is 12.6. The first-order valence-electron chi connectivity index (χ1n) is 5.17. The number of aliphatic hydroxyl groups is 1. The molecule has 0 aliphatic carbocycles. The third-order valence-corrected chi connectivity index (χ3v) is 2.40. The average Bonchev–Trinajstić information content (AvgIpc) is 2.61. The maximum atomic E-state index is 10.5. The van der Waals surface area contributed by atoms with Gasteiger partial charge < -0.3 is 25.1 Å². The third kappa shape index (κ3) is 4.29. The predicted molar refractivity (Wildman–Crippen MR) is 63.2 cm³/mol. The average molecular weight is 263 g/mol. The molecule has 1 aromatic rings. The second kappa shape index (κ2) is 6.53. The van der Waals surface area contributed by atoms with Crippen LogP contribution < -0.4 is 5.32 Å². The number of imidazole rings is 1. The Morgan fingerprint density at radius 3 is 3.00 bits per heavy atom. The van der Waals surface area contributed by atoms with E-state index in [-0.39, 0.29) is 12.4 Å². The smallest absolute Gasteiger partial charge is 0.381 e. The molecular weight excluding hydrogens is 248 g/mol. The minimum atomic E-state index is -0.634. The van der Waals surface area contributed by atoms with Gasteiger partial charge in [-0.25, -0.2) is 0 Å². The summed E-state index contributed by atoms with van der Waals surface area (Å²) in [5, 5.41) is 23.1. The molecule has 1 aromatic heterocycles. The molecule has 8 heteroatoms. The standard InChI is InChI=1S/C9H15ClN4O3/c1-7-12-9(14(16)17)6-13(7)5-8(15)4-11-3-2-10/h6,8,11,15H,2-5H2,1H3. The Labute approximate surface area is 104 Å². The van der Waals surface area contributed by atoms with E-state index in [1.165, 1.54) is 6.20 Å². The second-order valence-electron chi connectivity index (χ2n) is 3.60. The Morgan fingerprint density at radius 1 is 1.76 bits per heavy atom. The molecule has 0 fully saturated rings. The van der Waals surface area contributed by atoms with Crippen LogP contribution in [-0.2, 0) is 6.54 Å². The van der Waals surface area contributed by atoms with Crippen molar-refractivity contribution in [1.29, 1.82) is 0 Å². The van der Waals surface area contributed by atoms with Gasteiger partial charge in [-0.1, -0.05) is 0 Å². The highest BCUT2D eigenvalue weighted by Gasteiger charge is 2.16. The summed E-state index contributed by atoms with van der Waals surface area (Å²) in [7, 11) is 0. The van der Waals surface area contributed by atoms with Crippen LogP contribution in [0.15, 0.2) is 6.20 Å². The molecule has 0 aliphatic heterocycles. The molecule has 1 rings (SSSR count). The number of nitrogens with zero attached hydrogens (tertiary/aromatic N) is 3. The Morgan fingerprint density at radius 2 is 2.47 bits per heavy atom. The summed E-state index contributed by atoms with van der Waals surface area (Å²) < 4.78 is 1.56. The van der Waals surface area contributed by atoms with Gasteiger partial charge in [0.1, 0.15) is 6.20 Å². The van der Waals surface area contributed by atoms with E-state index < -0.39 is 11.0 Å². The van der Waals surface area contributed by atoms with Crippen LogP contribution in [0.25, 0.3) is 0 Å². The minimum Gasteiger partial charge on any atom is -0.390 e. The minimum absolute atomic E-state index is 0.205. The molecule has 0 saturated heterocycles. The van der Waals surface area contributed by atoms with Crippen LogP contribution in [0.3, 0.4) is 0 Å². The summed E-state index contributed by atoms with van der Waals surface area (Å²) >= 11 is 5.47. The summed E-state index contributed by atoms with van der Waals surface area (Å²) in [5.41, 5.74) is 0. The number of nitrogens with one attached hydrogen (secondary N) is 1. The zero-order chi connectivity index (χ0) is 12.8. The van der Waals surface area contributed by atoms with Gasteiger partial charge in [0.2, 0.25) is 5.82 Å². The lowest BCUT2D eigenvalue weighted by atomic mass is 10.3. The number of halogens is 1. The maximum Gasteiger partial charge on any atom is 0.381 e. The van der Waals surface area contributed by atoms with Crippen molar-refractivity contribution in [2.45, 2.75) is 19.6 Å². The molecule has 0 amide bonds. The topological polar surface area (TPSA) is 93.2 Å². The summed E-state index contributed by atoms with van der Waals surface area (Å²) in [6.07, 6.45) is 0.686. The number of aryl methyl sites for hydroxylation is 1. The molecule has 0 saturated carbocycles. The number of hydrogen-bond acceptors (Lipinski definition) is 5. The molecule has 0 radical (unpaired) electrons. The van der Waals surface area contributed by atoms with Crippen molar-refractivity contribution >= 4 is 17.4 Å². The summed E-state index contributed by atoms with van der Waals surface area (Å²) in [5.74, 6) is 0.777. The summed E-state index contributed by atoms with van der Waals surface area (Å²) in [6.45, 7) is 2.92. The van der Waals surface area contributed by atoms with Gasteiger partial charge in [-0.05, 0) is 9.91 Å². The third-order valence-electron chi connectivity index (χ3n) is 2.21. The largest absolute Gasteiger partial charge is 0.390 e. The lowest BCUT2D eigenvalue weighted by Crippen LogP contribution is -2.31. The number of alkyl halides is 1. The van der Waals surface area contributed by atoms with Crippen molar-refractivity contribution < 1.29 is 10.0 Å². The van der Waals surface area contributed by atoms with Crippen molar-refractivity contribution in [1.82, 2.24) is 14.9 Å². The highest BCUT2D eigenvalue weighted by Crippen LogP contribution is 2.10. The number of aromatic nitrogens is 2. The van der Waals surface area contributed by atoms with Crippen LogP contribution >= 0.6 is 11.6 Å². The Bertz CT molecular complexity index is 382. The van der Waals surface area contributed by atoms with Gasteiger partial charge in [-0.2, -0.15) is 0 Å². The van der Waals surface area contributed by atoms with Crippen LogP contribution in [-0.4, -0.2) is 44.7 Å². The molecule has 1 atom stereocenters. The van der Waals surface area contributed by atoms with Crippen molar-refractivity contribution in [2.75, 3.05) is 19.0 Å². The first kappa shape index (κ1) is 13.9. The molecule has 17 heavy (non-hydrogen) atoms. The predicted octanol–water partition coefficient (Wildman–Crippen LogP) is 0.289. The lowest BCUT2D eigenvalue weighted by molar-refractivity contribution is -0.389. The van der Waals surface area contributed by atoms with E-state index in [0.29, 0.717) is 24.8 Å². The molecule has 96 valence electrons. The zero-order valence-corrected chi connectivity index (χ0v) is 10.2. The van der Waals surface area contributed by atoms with Gasteiger partial charge in [0.05, 0.1) is 12.6 Å². The van der Waals surface area contributed by atoms with E-state index in [1.807, 2.05) is 0 Å². The molecule has 0 aromatic carbocycles. The van der Waals surface area contributed by atoms with E-state index in [4.69, 9.17) is 11.6 Å². The zero-order valence-electron chi connectivity index (χ0n) is 9.47. The van der Waals surface area contributed by atoms with E-state index >= 15 is 0 Å². The first-order chi connectivity index (χ1) is 8.04. The fraction of sp³-hybridized carbons (Fsp3) is 0.667. The fourth-order valence-corrected chi connectivity index (χ4v) is 1.53. The summed E-state index contributed by atoms with van der Waals surface area (Å²) in [6, 6.07) is 0. The number of aliphatic hydroxyl groups excluding tert-OH is 1. The molecule has 0 aliphatic rings. The quantitative estimate of drug-likeness (QED) is 0.319. The Balaban J connectivity index is 2.52. The summed E-state index contributed by atoms with van der Waals surface area (Å²) in [4.78, 5) is 13.7. The number of nitro groups is 1.